The van der Waals surface area contributed by atoms with Crippen molar-refractivity contribution in [2.75, 3.05) is 0 Å². The highest BCUT2D eigenvalue weighted by atomic mass is 16.4. The fraction of sp³-hybridized carbons (Fsp3) is 0. The molecule has 1 aromatic rings. The van der Waals surface area contributed by atoms with E-state index in [1.807, 2.05) is 0 Å². The molecular formula is C8H7NO4. The van der Waals surface area contributed by atoms with E-state index in [1.165, 1.54) is 18.2 Å². The third kappa shape index (κ3) is 2.52. The van der Waals surface area contributed by atoms with Crippen LogP contribution in [0.3, 0.4) is 0 Å². The van der Waals surface area contributed by atoms with Crippen LogP contribution in [0.1, 0.15) is 10.4 Å². The van der Waals surface area contributed by atoms with Crippen molar-refractivity contribution in [1.29, 1.82) is 0 Å². The Morgan fingerprint density at radius 2 is 2.00 bits per heavy atom. The SMILES string of the molecule is O.O=C=Nc1ccccc1C(=O)O. The quantitative estimate of drug-likeness (QED) is 0.532. The van der Waals surface area contributed by atoms with E-state index in [-0.39, 0.29) is 16.7 Å². The molecule has 3 N–H and O–H groups in total. The Labute approximate surface area is 73.7 Å². The maximum atomic E-state index is 10.5. The van der Waals surface area contributed by atoms with Gasteiger partial charge >= 0.3 is 5.97 Å². The first-order valence-electron chi connectivity index (χ1n) is 3.16. The number of hydrogen-bond donors (Lipinski definition) is 1. The van der Waals surface area contributed by atoms with Crippen LogP contribution in [0.15, 0.2) is 29.3 Å². The minimum atomic E-state index is -1.11. The summed E-state index contributed by atoms with van der Waals surface area (Å²) in [6.07, 6.45) is 1.29. The summed E-state index contributed by atoms with van der Waals surface area (Å²) in [4.78, 5) is 23.6. The first-order valence-corrected chi connectivity index (χ1v) is 3.16. The molecule has 1 aromatic carbocycles. The zero-order chi connectivity index (χ0) is 8.97. The lowest BCUT2D eigenvalue weighted by Crippen LogP contribution is -1.95. The molecule has 0 saturated carbocycles. The molecule has 5 heteroatoms. The Kier molecular flexibility index (Phi) is 4.09. The van der Waals surface area contributed by atoms with E-state index in [4.69, 9.17) is 5.11 Å². The van der Waals surface area contributed by atoms with E-state index in [0.717, 1.165) is 0 Å². The third-order valence-corrected chi connectivity index (χ3v) is 1.30. The number of carboxylic acids is 1. The Morgan fingerprint density at radius 1 is 1.38 bits per heavy atom. The van der Waals surface area contributed by atoms with Crippen molar-refractivity contribution in [1.82, 2.24) is 0 Å². The van der Waals surface area contributed by atoms with Crippen molar-refractivity contribution in [2.45, 2.75) is 0 Å². The van der Waals surface area contributed by atoms with Crippen LogP contribution in [0, 0.1) is 0 Å². The predicted octanol–water partition coefficient (Wildman–Crippen LogP) is 0.527. The number of carbonyl (C=O) groups is 1. The van der Waals surface area contributed by atoms with E-state index in [2.05, 4.69) is 4.99 Å². The van der Waals surface area contributed by atoms with Crippen LogP contribution < -0.4 is 0 Å². The van der Waals surface area contributed by atoms with Gasteiger partial charge in [-0.05, 0) is 12.1 Å². The van der Waals surface area contributed by atoms with Gasteiger partial charge in [0.25, 0.3) is 0 Å². The van der Waals surface area contributed by atoms with E-state index in [9.17, 15) is 9.59 Å². The summed E-state index contributed by atoms with van der Waals surface area (Å²) in [5.41, 5.74) is 0.126. The highest BCUT2D eigenvalue weighted by Crippen LogP contribution is 2.17. The molecule has 0 saturated heterocycles. The molecule has 0 fully saturated rings. The number of carbonyl (C=O) groups excluding carboxylic acids is 1. The van der Waals surface area contributed by atoms with Gasteiger partial charge in [-0.25, -0.2) is 9.59 Å². The molecule has 0 radical (unpaired) electrons. The van der Waals surface area contributed by atoms with Crippen LogP contribution in [0.2, 0.25) is 0 Å². The smallest absolute Gasteiger partial charge is 0.337 e. The van der Waals surface area contributed by atoms with Crippen LogP contribution in [0.4, 0.5) is 5.69 Å². The number of para-hydroxylation sites is 1. The van der Waals surface area contributed by atoms with Gasteiger partial charge < -0.3 is 10.6 Å². The number of isocyanates is 1. The summed E-state index contributed by atoms with van der Waals surface area (Å²) in [5, 5.41) is 8.60. The summed E-state index contributed by atoms with van der Waals surface area (Å²) in [6.45, 7) is 0. The molecule has 1 rings (SSSR count). The Hall–Kier alpha value is -1.97. The van der Waals surface area contributed by atoms with E-state index < -0.39 is 5.97 Å². The van der Waals surface area contributed by atoms with Crippen molar-refractivity contribution in [3.8, 4) is 0 Å². The highest BCUT2D eigenvalue weighted by Gasteiger charge is 2.06. The molecule has 68 valence electrons. The maximum absolute atomic E-state index is 10.5. The number of nitrogens with zero attached hydrogens (tertiary/aromatic N) is 1. The second-order valence-corrected chi connectivity index (χ2v) is 2.03. The lowest BCUT2D eigenvalue weighted by Gasteiger charge is -1.95. The molecule has 0 aromatic heterocycles. The van der Waals surface area contributed by atoms with Gasteiger partial charge in [0.1, 0.15) is 0 Å². The molecule has 0 aliphatic rings. The lowest BCUT2D eigenvalue weighted by molar-refractivity contribution is 0.0698. The molecule has 0 aliphatic heterocycles. The van der Waals surface area contributed by atoms with E-state index in [0.29, 0.717) is 0 Å². The van der Waals surface area contributed by atoms with Gasteiger partial charge in [0, 0.05) is 0 Å². The second-order valence-electron chi connectivity index (χ2n) is 2.03. The molecule has 0 aliphatic carbocycles. The van der Waals surface area contributed by atoms with Gasteiger partial charge in [-0.1, -0.05) is 12.1 Å². The standard InChI is InChI=1S/C8H5NO3.H2O/c10-5-9-7-4-2-1-3-6(7)8(11)12;/h1-4H,(H,11,12);1H2. The average Bonchev–Trinajstić information content (AvgIpc) is 2.05. The minimum Gasteiger partial charge on any atom is -0.478 e. The van der Waals surface area contributed by atoms with Gasteiger partial charge in [0.15, 0.2) is 0 Å². The van der Waals surface area contributed by atoms with E-state index in [1.54, 1.807) is 12.1 Å². The second kappa shape index (κ2) is 4.82. The molecule has 0 bridgehead atoms. The number of carboxylic acid groups (broad SMARTS) is 1. The fourth-order valence-electron chi connectivity index (χ4n) is 0.801. The van der Waals surface area contributed by atoms with Crippen LogP contribution in [0.25, 0.3) is 0 Å². The van der Waals surface area contributed by atoms with Crippen molar-refractivity contribution in [3.63, 3.8) is 0 Å². The van der Waals surface area contributed by atoms with E-state index >= 15 is 0 Å². The van der Waals surface area contributed by atoms with Crippen LogP contribution in [-0.2, 0) is 4.79 Å². The minimum absolute atomic E-state index is 0. The third-order valence-electron chi connectivity index (χ3n) is 1.30. The highest BCUT2D eigenvalue weighted by molar-refractivity contribution is 5.93. The summed E-state index contributed by atoms with van der Waals surface area (Å²) in [7, 11) is 0. The summed E-state index contributed by atoms with van der Waals surface area (Å²) in [5.74, 6) is -1.11. The lowest BCUT2D eigenvalue weighted by atomic mass is 10.2. The molecule has 13 heavy (non-hydrogen) atoms. The molecular weight excluding hydrogens is 174 g/mol. The molecule has 0 unspecified atom stereocenters. The van der Waals surface area contributed by atoms with Crippen molar-refractivity contribution in [3.05, 3.63) is 29.8 Å². The van der Waals surface area contributed by atoms with Gasteiger partial charge in [-0.2, -0.15) is 4.99 Å². The van der Waals surface area contributed by atoms with Crippen molar-refractivity contribution >= 4 is 17.7 Å². The first kappa shape index (κ1) is 11.0. The van der Waals surface area contributed by atoms with Crippen LogP contribution in [-0.4, -0.2) is 22.6 Å². The topological polar surface area (TPSA) is 98.2 Å². The van der Waals surface area contributed by atoms with Gasteiger partial charge in [-0.15, -0.1) is 0 Å². The Bertz CT molecular complexity index is 334. The molecule has 0 amide bonds. The summed E-state index contributed by atoms with van der Waals surface area (Å²) in [6, 6.07) is 5.97. The monoisotopic (exact) mass is 181 g/mol. The molecule has 0 spiro atoms. The number of benzene rings is 1. The maximum Gasteiger partial charge on any atom is 0.337 e. The van der Waals surface area contributed by atoms with Crippen LogP contribution >= 0.6 is 0 Å². The molecule has 0 atom stereocenters. The van der Waals surface area contributed by atoms with Crippen molar-refractivity contribution in [2.24, 2.45) is 4.99 Å². The number of aromatic carboxylic acids is 1. The predicted molar refractivity (Wildman–Crippen MR) is 44.8 cm³/mol. The zero-order valence-corrected chi connectivity index (χ0v) is 6.52. The average molecular weight is 181 g/mol. The van der Waals surface area contributed by atoms with Gasteiger partial charge in [0.05, 0.1) is 11.3 Å². The normalized spacial score (nSPS) is 8.00. The largest absolute Gasteiger partial charge is 0.478 e. The summed E-state index contributed by atoms with van der Waals surface area (Å²) >= 11 is 0. The Morgan fingerprint density at radius 3 is 2.54 bits per heavy atom. The summed E-state index contributed by atoms with van der Waals surface area (Å²) < 4.78 is 0. The van der Waals surface area contributed by atoms with Crippen LogP contribution in [0.5, 0.6) is 0 Å². The number of rotatable bonds is 2. The molecule has 5 nitrogen and oxygen atoms in total. The fourth-order valence-corrected chi connectivity index (χ4v) is 0.801. The Balaban J connectivity index is 0.00000144. The van der Waals surface area contributed by atoms with Gasteiger partial charge in [-0.3, -0.25) is 0 Å². The molecule has 0 heterocycles. The van der Waals surface area contributed by atoms with Gasteiger partial charge in [0.2, 0.25) is 6.08 Å². The first-order chi connectivity index (χ1) is 5.75. The van der Waals surface area contributed by atoms with Crippen molar-refractivity contribution < 1.29 is 20.2 Å². The zero-order valence-electron chi connectivity index (χ0n) is 6.52. The number of hydrogen-bond acceptors (Lipinski definition) is 3. The number of aliphatic imine (C=N–C) groups is 1.